The van der Waals surface area contributed by atoms with Gasteiger partial charge in [-0.1, -0.05) is 5.16 Å². The first-order chi connectivity index (χ1) is 24.4. The number of aryl methyl sites for hydroxylation is 1. The maximum Gasteiger partial charge on any atom is 0.417 e. The fourth-order valence-corrected chi connectivity index (χ4v) is 5.48. The van der Waals surface area contributed by atoms with E-state index >= 15 is 0 Å². The molecule has 2 N–H and O–H groups in total. The zero-order chi connectivity index (χ0) is 36.3. The van der Waals surface area contributed by atoms with Gasteiger partial charge in [-0.15, -0.1) is 0 Å². The molecule has 1 aliphatic heterocycles. The van der Waals surface area contributed by atoms with E-state index in [9.17, 15) is 27.6 Å². The van der Waals surface area contributed by atoms with E-state index in [2.05, 4.69) is 35.7 Å². The number of aromatic nitrogens is 4. The van der Waals surface area contributed by atoms with Crippen molar-refractivity contribution in [3.63, 3.8) is 0 Å². The number of aliphatic imine (C=N–C) groups is 1. The second-order valence-corrected chi connectivity index (χ2v) is 12.0. The molecular weight excluding hydrogens is 671 g/mol. The van der Waals surface area contributed by atoms with Crippen LogP contribution >= 0.6 is 0 Å². The summed E-state index contributed by atoms with van der Waals surface area (Å²) >= 11 is 0. The van der Waals surface area contributed by atoms with Crippen molar-refractivity contribution >= 4 is 40.3 Å². The molecule has 17 heteroatoms. The van der Waals surface area contributed by atoms with Crippen molar-refractivity contribution in [3.8, 4) is 11.4 Å². The Morgan fingerprint density at radius 2 is 1.92 bits per heavy atom. The van der Waals surface area contributed by atoms with Crippen LogP contribution in [0.1, 0.15) is 57.3 Å². The predicted molar refractivity (Wildman–Crippen MR) is 177 cm³/mol. The van der Waals surface area contributed by atoms with E-state index in [4.69, 9.17) is 8.94 Å². The number of halogens is 3. The first kappa shape index (κ1) is 34.7. The smallest absolute Gasteiger partial charge is 0.417 e. The molecule has 6 rings (SSSR count). The van der Waals surface area contributed by atoms with Crippen molar-refractivity contribution in [3.05, 3.63) is 89.5 Å². The van der Waals surface area contributed by atoms with Crippen LogP contribution < -0.4 is 10.6 Å². The number of alkyl halides is 3. The SMILES string of the molecule is Cc1cc2cc(NC(=N[C@H]3CCCCN(Cc4nc(-c5cnccc5C(F)(F)F)no4)C3=O)NC(=O)c3ccc(C(=O)N(C)C)nc3)ccc2o1. The van der Waals surface area contributed by atoms with Crippen molar-refractivity contribution in [2.75, 3.05) is 26.0 Å². The van der Waals surface area contributed by atoms with Gasteiger partial charge in [0.05, 0.1) is 16.7 Å². The molecule has 1 atom stereocenters. The number of furan rings is 1. The molecule has 0 spiro atoms. The number of anilines is 1. The Balaban J connectivity index is 1.25. The molecule has 4 aromatic heterocycles. The molecule has 0 saturated carbocycles. The lowest BCUT2D eigenvalue weighted by atomic mass is 10.1. The number of rotatable bonds is 7. The minimum absolute atomic E-state index is 0.0236. The lowest BCUT2D eigenvalue weighted by Gasteiger charge is -2.22. The normalized spacial score (nSPS) is 15.5. The molecule has 264 valence electrons. The van der Waals surface area contributed by atoms with Crippen molar-refractivity contribution < 1.29 is 36.5 Å². The number of fused-ring (bicyclic) bond motifs is 1. The van der Waals surface area contributed by atoms with Crippen molar-refractivity contribution in [1.29, 1.82) is 0 Å². The second kappa shape index (κ2) is 14.4. The summed E-state index contributed by atoms with van der Waals surface area (Å²) in [6, 6.07) is 9.91. The number of hydrogen-bond donors (Lipinski definition) is 2. The number of likely N-dealkylation sites (tertiary alicyclic amines) is 1. The number of nitrogens with zero attached hydrogens (tertiary/aromatic N) is 7. The molecular formula is C34H32F3N9O5. The number of carbonyl (C=O) groups is 3. The van der Waals surface area contributed by atoms with Crippen LogP contribution in [0.2, 0.25) is 0 Å². The van der Waals surface area contributed by atoms with E-state index in [1.54, 1.807) is 32.3 Å². The fourth-order valence-electron chi connectivity index (χ4n) is 5.48. The van der Waals surface area contributed by atoms with Gasteiger partial charge in [-0.2, -0.15) is 18.2 Å². The summed E-state index contributed by atoms with van der Waals surface area (Å²) in [5.41, 5.74) is 0.195. The van der Waals surface area contributed by atoms with Gasteiger partial charge in [0.2, 0.25) is 23.6 Å². The highest BCUT2D eigenvalue weighted by Gasteiger charge is 2.35. The zero-order valence-corrected chi connectivity index (χ0v) is 27.7. The molecule has 3 amide bonds. The minimum Gasteiger partial charge on any atom is -0.461 e. The van der Waals surface area contributed by atoms with Crippen molar-refractivity contribution in [1.82, 2.24) is 35.2 Å². The topological polar surface area (TPSA) is 172 Å². The monoisotopic (exact) mass is 703 g/mol. The number of hydrogen-bond acceptors (Lipinski definition) is 10. The Labute approximate surface area is 288 Å². The lowest BCUT2D eigenvalue weighted by molar-refractivity contribution is -0.137. The molecule has 1 aromatic carbocycles. The maximum absolute atomic E-state index is 13.9. The second-order valence-electron chi connectivity index (χ2n) is 12.0. The summed E-state index contributed by atoms with van der Waals surface area (Å²) in [5.74, 6) is -1.02. The van der Waals surface area contributed by atoms with Crippen LogP contribution in [0.4, 0.5) is 18.9 Å². The van der Waals surface area contributed by atoms with E-state index in [0.29, 0.717) is 42.8 Å². The number of benzene rings is 1. The van der Waals surface area contributed by atoms with Gasteiger partial charge in [-0.25, -0.2) is 4.99 Å². The van der Waals surface area contributed by atoms with Crippen molar-refractivity contribution in [2.45, 2.75) is 44.9 Å². The van der Waals surface area contributed by atoms with Gasteiger partial charge in [0, 0.05) is 50.3 Å². The summed E-state index contributed by atoms with van der Waals surface area (Å²) in [6.07, 6.45) is 0.191. The summed E-state index contributed by atoms with van der Waals surface area (Å²) in [5, 5.41) is 10.4. The van der Waals surface area contributed by atoms with Crippen LogP contribution in [-0.4, -0.2) is 80.3 Å². The van der Waals surface area contributed by atoms with E-state index in [0.717, 1.165) is 23.8 Å². The van der Waals surface area contributed by atoms with E-state index < -0.39 is 29.6 Å². The summed E-state index contributed by atoms with van der Waals surface area (Å²) in [7, 11) is 3.18. The van der Waals surface area contributed by atoms with Crippen LogP contribution in [-0.2, 0) is 17.5 Å². The maximum atomic E-state index is 13.9. The highest BCUT2D eigenvalue weighted by molar-refractivity contribution is 6.11. The molecule has 0 bridgehead atoms. The van der Waals surface area contributed by atoms with Gasteiger partial charge in [0.15, 0.2) is 0 Å². The molecule has 1 fully saturated rings. The number of pyridine rings is 2. The van der Waals surface area contributed by atoms with Gasteiger partial charge in [0.25, 0.3) is 11.8 Å². The fraction of sp³-hybridized carbons (Fsp3) is 0.294. The molecule has 0 aliphatic carbocycles. The minimum atomic E-state index is -4.67. The number of carbonyl (C=O) groups excluding carboxylic acids is 3. The first-order valence-electron chi connectivity index (χ1n) is 15.8. The predicted octanol–water partition coefficient (Wildman–Crippen LogP) is 5.08. The van der Waals surface area contributed by atoms with Gasteiger partial charge < -0.3 is 24.1 Å². The summed E-state index contributed by atoms with van der Waals surface area (Å²) in [4.78, 5) is 59.0. The lowest BCUT2D eigenvalue weighted by Crippen LogP contribution is -2.41. The Morgan fingerprint density at radius 3 is 2.67 bits per heavy atom. The Morgan fingerprint density at radius 1 is 1.10 bits per heavy atom. The molecule has 14 nitrogen and oxygen atoms in total. The third kappa shape index (κ3) is 8.03. The van der Waals surface area contributed by atoms with Gasteiger partial charge in [-0.05, 0) is 68.7 Å². The van der Waals surface area contributed by atoms with Gasteiger partial charge in [-0.3, -0.25) is 29.7 Å². The number of amides is 3. The molecule has 0 radical (unpaired) electrons. The van der Waals surface area contributed by atoms with E-state index in [1.807, 2.05) is 13.0 Å². The highest BCUT2D eigenvalue weighted by atomic mass is 19.4. The Bertz CT molecular complexity index is 2110. The van der Waals surface area contributed by atoms with Crippen LogP contribution in [0.25, 0.3) is 22.4 Å². The van der Waals surface area contributed by atoms with E-state index in [1.165, 1.54) is 28.1 Å². The number of guanidine groups is 1. The Hall–Kier alpha value is -6.13. The zero-order valence-electron chi connectivity index (χ0n) is 27.7. The van der Waals surface area contributed by atoms with Crippen LogP contribution in [0.5, 0.6) is 0 Å². The molecule has 51 heavy (non-hydrogen) atoms. The summed E-state index contributed by atoms with van der Waals surface area (Å²) in [6.45, 7) is 1.95. The highest BCUT2D eigenvalue weighted by Crippen LogP contribution is 2.35. The molecule has 0 unspecified atom stereocenters. The molecule has 1 aliphatic rings. The van der Waals surface area contributed by atoms with Crippen LogP contribution in [0.15, 0.2) is 75.0 Å². The van der Waals surface area contributed by atoms with E-state index in [-0.39, 0.29) is 46.9 Å². The van der Waals surface area contributed by atoms with Crippen LogP contribution in [0, 0.1) is 6.92 Å². The third-order valence-electron chi connectivity index (χ3n) is 7.98. The van der Waals surface area contributed by atoms with Gasteiger partial charge >= 0.3 is 6.18 Å². The molecule has 5 heterocycles. The average molecular weight is 704 g/mol. The largest absolute Gasteiger partial charge is 0.461 e. The summed E-state index contributed by atoms with van der Waals surface area (Å²) < 4.78 is 51.7. The van der Waals surface area contributed by atoms with Crippen molar-refractivity contribution in [2.24, 2.45) is 4.99 Å². The number of nitrogens with one attached hydrogen (secondary N) is 2. The molecule has 1 saturated heterocycles. The standard InChI is InChI=1S/C34H32F3N9O5/c1-19-14-21-15-22(8-10-27(21)50-19)40-33(43-30(47)20-7-9-25(39-16-20)31(48)45(2)3)41-26-6-4-5-13-46(32(26)49)18-28-42-29(44-51-28)23-17-38-12-11-24(23)34(35,36)37/h7-12,14-17,26H,4-6,13,18H2,1-3H3,(H2,40,41,43,47)/t26-/m0/s1. The Kier molecular flexibility index (Phi) is 9.79. The van der Waals surface area contributed by atoms with Gasteiger partial charge in [0.1, 0.15) is 29.6 Å². The van der Waals surface area contributed by atoms with Crippen LogP contribution in [0.3, 0.4) is 0 Å². The quantitative estimate of drug-likeness (QED) is 0.172. The molecule has 5 aromatic rings. The third-order valence-corrected chi connectivity index (χ3v) is 7.98. The average Bonchev–Trinajstić information content (AvgIpc) is 3.68. The first-order valence-corrected chi connectivity index (χ1v) is 15.8.